The number of rotatable bonds is 4. The van der Waals surface area contributed by atoms with Gasteiger partial charge < -0.3 is 15.2 Å². The molecule has 4 heteroatoms. The Kier molecular flexibility index (Phi) is 4.24. The van der Waals surface area contributed by atoms with E-state index in [1.165, 1.54) is 0 Å². The molecule has 0 fully saturated rings. The van der Waals surface area contributed by atoms with E-state index >= 15 is 0 Å². The Morgan fingerprint density at radius 3 is 2.47 bits per heavy atom. The summed E-state index contributed by atoms with van der Waals surface area (Å²) in [5.41, 5.74) is 6.88. The van der Waals surface area contributed by atoms with Gasteiger partial charge in [0.25, 0.3) is 0 Å². The fourth-order valence-corrected chi connectivity index (χ4v) is 1.68. The highest BCUT2D eigenvalue weighted by Crippen LogP contribution is 2.37. The molecule has 0 spiro atoms. The van der Waals surface area contributed by atoms with E-state index in [0.29, 0.717) is 16.5 Å². The first-order valence-corrected chi connectivity index (χ1v) is 5.18. The van der Waals surface area contributed by atoms with Crippen LogP contribution >= 0.6 is 11.6 Å². The molecule has 2 N–H and O–H groups in total. The second-order valence-electron chi connectivity index (χ2n) is 3.25. The summed E-state index contributed by atoms with van der Waals surface area (Å²) in [6, 6.07) is 3.65. The molecule has 0 aromatic heterocycles. The number of halogens is 1. The Morgan fingerprint density at radius 2 is 2.00 bits per heavy atom. The van der Waals surface area contributed by atoms with Crippen LogP contribution in [-0.4, -0.2) is 14.2 Å². The van der Waals surface area contributed by atoms with Gasteiger partial charge in [-0.3, -0.25) is 0 Å². The Morgan fingerprint density at radius 1 is 1.33 bits per heavy atom. The van der Waals surface area contributed by atoms with Crippen LogP contribution in [0.4, 0.5) is 0 Å². The van der Waals surface area contributed by atoms with Crippen LogP contribution in [0.25, 0.3) is 0 Å². The summed E-state index contributed by atoms with van der Waals surface area (Å²) in [4.78, 5) is 0. The van der Waals surface area contributed by atoms with Gasteiger partial charge in [-0.05, 0) is 24.1 Å². The van der Waals surface area contributed by atoms with Crippen LogP contribution in [0.2, 0.25) is 5.02 Å². The third kappa shape index (κ3) is 2.55. The lowest BCUT2D eigenvalue weighted by Crippen LogP contribution is -2.09. The van der Waals surface area contributed by atoms with Crippen molar-refractivity contribution >= 4 is 11.6 Å². The van der Waals surface area contributed by atoms with Crippen molar-refractivity contribution in [2.75, 3.05) is 14.2 Å². The average molecular weight is 230 g/mol. The fourth-order valence-electron chi connectivity index (χ4n) is 1.39. The molecule has 1 atom stereocenters. The van der Waals surface area contributed by atoms with E-state index in [1.54, 1.807) is 14.2 Å². The largest absolute Gasteiger partial charge is 0.493 e. The minimum atomic E-state index is -0.0256. The Bertz CT molecular complexity index is 342. The van der Waals surface area contributed by atoms with Gasteiger partial charge in [-0.25, -0.2) is 0 Å². The number of hydrogen-bond donors (Lipinski definition) is 1. The molecule has 3 nitrogen and oxygen atoms in total. The van der Waals surface area contributed by atoms with Crippen molar-refractivity contribution in [2.45, 2.75) is 19.4 Å². The third-order valence-corrected chi connectivity index (χ3v) is 2.60. The smallest absolute Gasteiger partial charge is 0.179 e. The minimum absolute atomic E-state index is 0.0256. The molecule has 0 amide bonds. The second kappa shape index (κ2) is 5.24. The molecule has 15 heavy (non-hydrogen) atoms. The molecule has 0 radical (unpaired) electrons. The molecule has 0 saturated carbocycles. The standard InChI is InChI=1S/C11H16ClNO2/c1-4-9(13)7-5-8(12)11(15-3)10(6-7)14-2/h5-6,9H,4,13H2,1-3H3/t9-/m0/s1. The number of methoxy groups -OCH3 is 2. The summed E-state index contributed by atoms with van der Waals surface area (Å²) in [6.45, 7) is 2.02. The maximum atomic E-state index is 6.05. The molecule has 0 aliphatic rings. The molecule has 0 unspecified atom stereocenters. The van der Waals surface area contributed by atoms with Gasteiger partial charge in [-0.1, -0.05) is 18.5 Å². The first-order valence-electron chi connectivity index (χ1n) is 4.81. The summed E-state index contributed by atoms with van der Waals surface area (Å²) >= 11 is 6.05. The molecule has 0 saturated heterocycles. The predicted octanol–water partition coefficient (Wildman–Crippen LogP) is 2.77. The van der Waals surface area contributed by atoms with E-state index < -0.39 is 0 Å². The van der Waals surface area contributed by atoms with Gasteiger partial charge in [0, 0.05) is 6.04 Å². The number of benzene rings is 1. The Labute approximate surface area is 95.1 Å². The van der Waals surface area contributed by atoms with E-state index in [9.17, 15) is 0 Å². The molecular weight excluding hydrogens is 214 g/mol. The van der Waals surface area contributed by atoms with Crippen molar-refractivity contribution in [1.29, 1.82) is 0 Å². The van der Waals surface area contributed by atoms with Crippen LogP contribution in [0.1, 0.15) is 24.9 Å². The quantitative estimate of drug-likeness (QED) is 0.864. The first-order chi connectivity index (χ1) is 7.13. The highest BCUT2D eigenvalue weighted by molar-refractivity contribution is 6.32. The predicted molar refractivity (Wildman–Crippen MR) is 61.8 cm³/mol. The van der Waals surface area contributed by atoms with Gasteiger partial charge in [0.15, 0.2) is 11.5 Å². The fraction of sp³-hybridized carbons (Fsp3) is 0.455. The molecule has 0 aliphatic heterocycles. The molecule has 1 rings (SSSR count). The number of ether oxygens (including phenoxy) is 2. The van der Waals surface area contributed by atoms with E-state index in [0.717, 1.165) is 12.0 Å². The van der Waals surface area contributed by atoms with Crippen LogP contribution in [0, 0.1) is 0 Å². The zero-order chi connectivity index (χ0) is 11.4. The van der Waals surface area contributed by atoms with Crippen LogP contribution in [0.5, 0.6) is 11.5 Å². The normalized spacial score (nSPS) is 12.3. The highest BCUT2D eigenvalue weighted by atomic mass is 35.5. The Balaban J connectivity index is 3.19. The van der Waals surface area contributed by atoms with Crippen LogP contribution in [0.15, 0.2) is 12.1 Å². The summed E-state index contributed by atoms with van der Waals surface area (Å²) in [7, 11) is 3.14. The van der Waals surface area contributed by atoms with Gasteiger partial charge >= 0.3 is 0 Å². The van der Waals surface area contributed by atoms with Crippen LogP contribution < -0.4 is 15.2 Å². The lowest BCUT2D eigenvalue weighted by Gasteiger charge is -2.14. The SMILES string of the molecule is CC[C@H](N)c1cc(Cl)c(OC)c(OC)c1. The third-order valence-electron chi connectivity index (χ3n) is 2.32. The zero-order valence-electron chi connectivity index (χ0n) is 9.21. The van der Waals surface area contributed by atoms with Crippen molar-refractivity contribution in [3.8, 4) is 11.5 Å². The number of hydrogen-bond acceptors (Lipinski definition) is 3. The maximum Gasteiger partial charge on any atom is 0.179 e. The molecule has 0 bridgehead atoms. The van der Waals surface area contributed by atoms with Gasteiger partial charge in [0.1, 0.15) is 0 Å². The average Bonchev–Trinajstić information content (AvgIpc) is 2.26. The summed E-state index contributed by atoms with van der Waals surface area (Å²) in [5.74, 6) is 1.16. The van der Waals surface area contributed by atoms with E-state index in [1.807, 2.05) is 19.1 Å². The van der Waals surface area contributed by atoms with Crippen molar-refractivity contribution < 1.29 is 9.47 Å². The van der Waals surface area contributed by atoms with Crippen LogP contribution in [0.3, 0.4) is 0 Å². The molecule has 1 aromatic rings. The van der Waals surface area contributed by atoms with Crippen molar-refractivity contribution in [1.82, 2.24) is 0 Å². The van der Waals surface area contributed by atoms with Gasteiger partial charge in [0.05, 0.1) is 19.2 Å². The van der Waals surface area contributed by atoms with E-state index in [2.05, 4.69) is 0 Å². The zero-order valence-corrected chi connectivity index (χ0v) is 9.97. The summed E-state index contributed by atoms with van der Waals surface area (Å²) in [6.07, 6.45) is 0.853. The van der Waals surface area contributed by atoms with Gasteiger partial charge in [-0.2, -0.15) is 0 Å². The topological polar surface area (TPSA) is 44.5 Å². The van der Waals surface area contributed by atoms with E-state index in [4.69, 9.17) is 26.8 Å². The monoisotopic (exact) mass is 229 g/mol. The van der Waals surface area contributed by atoms with Gasteiger partial charge in [-0.15, -0.1) is 0 Å². The summed E-state index contributed by atoms with van der Waals surface area (Å²) < 4.78 is 10.3. The Hall–Kier alpha value is -0.930. The first kappa shape index (κ1) is 12.1. The lowest BCUT2D eigenvalue weighted by atomic mass is 10.0. The second-order valence-corrected chi connectivity index (χ2v) is 3.66. The van der Waals surface area contributed by atoms with Crippen molar-refractivity contribution in [3.05, 3.63) is 22.7 Å². The minimum Gasteiger partial charge on any atom is -0.493 e. The molecule has 0 heterocycles. The molecule has 84 valence electrons. The van der Waals surface area contributed by atoms with Crippen LogP contribution in [-0.2, 0) is 0 Å². The maximum absolute atomic E-state index is 6.05. The molecule has 0 aliphatic carbocycles. The molecule has 1 aromatic carbocycles. The van der Waals surface area contributed by atoms with E-state index in [-0.39, 0.29) is 6.04 Å². The highest BCUT2D eigenvalue weighted by Gasteiger charge is 2.13. The summed E-state index contributed by atoms with van der Waals surface area (Å²) in [5, 5.41) is 0.524. The lowest BCUT2D eigenvalue weighted by molar-refractivity contribution is 0.354. The van der Waals surface area contributed by atoms with Crippen molar-refractivity contribution in [3.63, 3.8) is 0 Å². The molecular formula is C11H16ClNO2. The number of nitrogens with two attached hydrogens (primary N) is 1. The van der Waals surface area contributed by atoms with Crippen molar-refractivity contribution in [2.24, 2.45) is 5.73 Å². The van der Waals surface area contributed by atoms with Gasteiger partial charge in [0.2, 0.25) is 0 Å².